The smallest absolute Gasteiger partial charge is 1.00 e. The van der Waals surface area contributed by atoms with Gasteiger partial charge in [0, 0.05) is 122 Å². The van der Waals surface area contributed by atoms with E-state index < -0.39 is 11.9 Å². The van der Waals surface area contributed by atoms with E-state index >= 15 is 0 Å². The van der Waals surface area contributed by atoms with Crippen LogP contribution in [0.25, 0.3) is 39.5 Å². The molecule has 0 bridgehead atoms. The van der Waals surface area contributed by atoms with E-state index in [4.69, 9.17) is 64.7 Å². The van der Waals surface area contributed by atoms with E-state index in [1.807, 2.05) is 142 Å². The number of ketones is 2. The summed E-state index contributed by atoms with van der Waals surface area (Å²) in [6, 6.07) is 38.7. The fraction of sp³-hybridized carbons (Fsp3) is 0.349. The fourth-order valence-corrected chi connectivity index (χ4v) is 13.7. The molecule has 6 aliphatic rings. The van der Waals surface area contributed by atoms with Crippen LogP contribution in [0.1, 0.15) is 184 Å². The van der Waals surface area contributed by atoms with Gasteiger partial charge in [0.1, 0.15) is 5.82 Å². The summed E-state index contributed by atoms with van der Waals surface area (Å²) in [6.45, 7) is 18.2. The van der Waals surface area contributed by atoms with Gasteiger partial charge in [-0.15, -0.1) is 0 Å². The number of aliphatic imine (C=N–C) groups is 1. The number of carboxylic acid groups (broad SMARTS) is 2. The van der Waals surface area contributed by atoms with Gasteiger partial charge in [-0.2, -0.15) is 20.4 Å². The van der Waals surface area contributed by atoms with E-state index in [2.05, 4.69) is 144 Å². The topological polar surface area (TPSA) is 431 Å². The van der Waals surface area contributed by atoms with Gasteiger partial charge in [-0.25, -0.2) is 43.0 Å². The number of aromatic nitrogens is 18. The molecule has 4 saturated carbocycles. The minimum atomic E-state index is -0.833. The van der Waals surface area contributed by atoms with Crippen LogP contribution in [-0.2, 0) is 40.6 Å². The molecule has 0 radical (unpaired) electrons. The van der Waals surface area contributed by atoms with Crippen molar-refractivity contribution in [2.24, 2.45) is 29.8 Å². The van der Waals surface area contributed by atoms with Crippen LogP contribution in [0.5, 0.6) is 0 Å². The van der Waals surface area contributed by atoms with Gasteiger partial charge in [0.2, 0.25) is 0 Å². The molecule has 1 saturated heterocycles. The normalized spacial score (nSPS) is 18.0. The molecule has 2 aliphatic heterocycles. The van der Waals surface area contributed by atoms with Crippen molar-refractivity contribution in [2.75, 3.05) is 30.1 Å². The van der Waals surface area contributed by atoms with Gasteiger partial charge >= 0.3 is 150 Å². The number of imidazole rings is 1. The molecule has 5 N–H and O–H groups in total. The number of hydrogen-bond donors (Lipinski definition) is 3. The number of fused-ring (bicyclic) bond motifs is 4. The molecule has 32 nitrogen and oxygen atoms in total. The molecule has 0 amide bonds. The Morgan fingerprint density at radius 3 is 1.29 bits per heavy atom. The van der Waals surface area contributed by atoms with Crippen LogP contribution < -0.4 is 149 Å². The van der Waals surface area contributed by atoms with Crippen molar-refractivity contribution in [3.05, 3.63) is 250 Å². The van der Waals surface area contributed by atoms with Crippen LogP contribution >= 0.6 is 38.5 Å². The number of hydrogen-bond acceptors (Lipinski definition) is 25. The van der Waals surface area contributed by atoms with Gasteiger partial charge in [-0.1, -0.05) is 166 Å². The second-order valence-corrected chi connectivity index (χ2v) is 29.5. The molecular formula is C86H96BrCs2IN20O12. The van der Waals surface area contributed by atoms with Crippen LogP contribution in [-0.4, -0.2) is 170 Å². The Balaban J connectivity index is 0.000000205. The fourth-order valence-electron chi connectivity index (χ4n) is 13.4. The number of nitrogens with zero attached hydrogens (tertiary/aromatic N) is 19. The first kappa shape index (κ1) is 99.5. The third-order valence-corrected chi connectivity index (χ3v) is 20.6. The zero-order chi connectivity index (χ0) is 85.1. The molecule has 13 aromatic rings. The Morgan fingerprint density at radius 1 is 0.541 bits per heavy atom. The summed E-state index contributed by atoms with van der Waals surface area (Å²) in [7, 11) is 2.07. The van der Waals surface area contributed by atoms with Crippen molar-refractivity contribution in [1.29, 1.82) is 0 Å². The van der Waals surface area contributed by atoms with Gasteiger partial charge in [0.05, 0.1) is 74.1 Å². The predicted molar refractivity (Wildman–Crippen MR) is 459 cm³/mol. The number of aryl methyl sites for hydroxylation is 9. The molecule has 11 heterocycles. The van der Waals surface area contributed by atoms with Crippen LogP contribution in [0.3, 0.4) is 0 Å². The van der Waals surface area contributed by atoms with Gasteiger partial charge in [-0.3, -0.25) is 53.7 Å². The van der Waals surface area contributed by atoms with E-state index in [0.29, 0.717) is 64.7 Å². The van der Waals surface area contributed by atoms with Crippen molar-refractivity contribution in [3.8, 4) is 11.3 Å². The maximum Gasteiger partial charge on any atom is 1.00 e. The second-order valence-electron chi connectivity index (χ2n) is 29.0. The van der Waals surface area contributed by atoms with Crippen LogP contribution in [0.2, 0.25) is 0 Å². The number of halogens is 2. The number of carboxylic acids is 2. The van der Waals surface area contributed by atoms with Gasteiger partial charge in [0.25, 0.3) is 12.4 Å². The first-order valence-corrected chi connectivity index (χ1v) is 41.9. The summed E-state index contributed by atoms with van der Waals surface area (Å²) in [5.41, 5.74) is 17.4. The van der Waals surface area contributed by atoms with Crippen molar-refractivity contribution in [3.63, 3.8) is 0 Å². The molecular weight excluding hydrogens is 1980 g/mol. The van der Waals surface area contributed by atoms with E-state index in [-0.39, 0.29) is 200 Å². The van der Waals surface area contributed by atoms with E-state index in [1.54, 1.807) is 45.7 Å². The number of rotatable bonds is 16. The molecule has 8 atom stereocenters. The zero-order valence-electron chi connectivity index (χ0n) is 71.4. The van der Waals surface area contributed by atoms with Gasteiger partial charge < -0.3 is 42.0 Å². The molecule has 19 rings (SSSR count). The number of allylic oxidation sites excluding steroid dienone is 1. The summed E-state index contributed by atoms with van der Waals surface area (Å²) in [6.07, 6.45) is 18.4. The quantitative estimate of drug-likeness (QED) is 0.0163. The molecule has 4 aromatic carbocycles. The van der Waals surface area contributed by atoms with Crippen molar-refractivity contribution in [2.45, 2.75) is 137 Å². The van der Waals surface area contributed by atoms with Gasteiger partial charge in [-0.05, 0) is 104 Å². The number of carbonyl (C=O) groups is 6. The molecule has 5 fully saturated rings. The largest absolute Gasteiger partial charge is 1.00 e. The summed E-state index contributed by atoms with van der Waals surface area (Å²) < 4.78 is 19.6. The van der Waals surface area contributed by atoms with E-state index in [0.717, 1.165) is 142 Å². The van der Waals surface area contributed by atoms with Crippen LogP contribution in [0, 0.1) is 73.1 Å². The summed E-state index contributed by atoms with van der Waals surface area (Å²) in [5, 5.41) is 43.5. The molecule has 0 spiro atoms. The standard InChI is InChI=1S/C20H20N6.C20H19N5.C19H18N4O3.C11H12N4O2.C8H7BrO.C4H8O.C2H4O2.CH3I.CH2O3.2Cs.H3N.H/c1-12-10-21-13(2)19-23-18(24-26(12)19)15-9-16(15)20-22-17(11-25(20)3)14-7-5-4-6-8-14;1-12-11-21-13(2)20-23-19(24-25(12)20)16-10-15(16)18-9-8-17(22-18)14-6-4-3-5-7-14;1-11-9-20-12(2)18-21-17(22-23(11)18)14-8-15(14)19(25)26-10-16(24)13-6-4-3-5-7-13;1-5-4-12-6(2)10-13-9(14-15(5)10)7-3-8(7)11(16)17;9-6-8(10)7-4-2-1-3-5-7;1-2-4-5-3-1;1-2(3)4;1-2;2-1-4-3;;;;/h4-8,10-11,15-16H,9H2,1-3H3;3-8,11,15-16H,9-10H2,1-2H3;3-7,9,14-15H,8,10H2,1-2H3;4,7-8H,3H2,1-2H3,(H,16,17);1-5H,6H2;1-4H2;1H3,(H,3,4);1H3;1,3H;;;1H3;/q;;;;;;;;;2*+1;;-1/p-1. The number of aliphatic carboxylic acids is 2. The van der Waals surface area contributed by atoms with E-state index in [1.165, 1.54) is 24.1 Å². The van der Waals surface area contributed by atoms with Crippen molar-refractivity contribution < 1.29 is 198 Å². The minimum Gasteiger partial charge on any atom is -1.00 e. The Hall–Kier alpha value is -7.89. The molecule has 4 aliphatic carbocycles. The number of ether oxygens (including phenoxy) is 2. The Labute approximate surface area is 846 Å². The first-order chi connectivity index (χ1) is 57.4. The van der Waals surface area contributed by atoms with E-state index in [9.17, 15) is 19.2 Å². The maximum atomic E-state index is 12.2. The van der Waals surface area contributed by atoms with Gasteiger partial charge in [0.15, 0.2) is 64.1 Å². The number of Topliss-reactive ketones (excluding diaryl/α,β-unsaturated/α-hetero) is 2. The molecule has 628 valence electrons. The number of carbonyl (C=O) groups excluding carboxylic acids is 4. The Morgan fingerprint density at radius 2 is 0.910 bits per heavy atom. The predicted octanol–water partition coefficient (Wildman–Crippen LogP) is 7.26. The summed E-state index contributed by atoms with van der Waals surface area (Å²) >= 11 is 5.25. The molecule has 8 unspecified atom stereocenters. The molecule has 36 heteroatoms. The average Bonchev–Trinajstić information content (AvgIpc) is 1.61. The third kappa shape index (κ3) is 26.1. The van der Waals surface area contributed by atoms with Crippen molar-refractivity contribution in [1.82, 2.24) is 94.0 Å². The third-order valence-electron chi connectivity index (χ3n) is 20.1. The zero-order valence-corrected chi connectivity index (χ0v) is 86.7. The molecule has 122 heavy (non-hydrogen) atoms. The Bertz CT molecular complexity index is 5660. The summed E-state index contributed by atoms with van der Waals surface area (Å²) in [4.78, 5) is 114. The number of alkyl halides is 2. The SMILES string of the molecule is C1CCOC1.CC(=O)O.CI.Cc1ncc(C)n2nc(C3CC3C(=O)O)nc12.Cc1ncc(C)n2nc(C3CC3C(=O)OCC(=O)c3ccccc3)nc12.Cc1ncc(C)n2nc(C3CC3C3=NC(c4ccccc4)=CC3)nc12.Cc1ncc(C)n2nc(C3CC3c3nc(-c4ccccc4)cn3C)nc12.N.O=C(CBr)c1ccccc1.O=CO[O-].[Cs+].[Cs+].[H-]. The second kappa shape index (κ2) is 47.4. The molecule has 9 aromatic heterocycles. The number of esters is 1. The van der Waals surface area contributed by atoms with Crippen LogP contribution in [0.4, 0.5) is 0 Å². The summed E-state index contributed by atoms with van der Waals surface area (Å²) in [5.74, 6) is 3.01. The average molecular weight is 2070 g/mol. The van der Waals surface area contributed by atoms with Crippen LogP contribution in [0.15, 0.2) is 163 Å². The first-order valence-electron chi connectivity index (χ1n) is 38.6. The number of benzene rings is 4. The maximum absolute atomic E-state index is 12.2. The Kier molecular flexibility index (Phi) is 38.7. The monoisotopic (exact) mass is 2070 g/mol. The minimum absolute atomic E-state index is 0. The van der Waals surface area contributed by atoms with Crippen molar-refractivity contribution >= 4 is 108 Å².